The summed E-state index contributed by atoms with van der Waals surface area (Å²) in [6.45, 7) is 4.02. The summed E-state index contributed by atoms with van der Waals surface area (Å²) in [7, 11) is 1.81. The van der Waals surface area contributed by atoms with Gasteiger partial charge in [0.05, 0.1) is 12.1 Å². The summed E-state index contributed by atoms with van der Waals surface area (Å²) in [6, 6.07) is 0. The Hall–Kier alpha value is -2.22. The number of hydrogen-bond donors (Lipinski definition) is 2. The minimum absolute atomic E-state index is 0.103. The molecule has 2 aromatic rings. The number of aryl methyl sites for hydroxylation is 1. The van der Waals surface area contributed by atoms with E-state index >= 15 is 0 Å². The molecule has 0 bridgehead atoms. The van der Waals surface area contributed by atoms with Gasteiger partial charge in [0.2, 0.25) is 0 Å². The third-order valence-electron chi connectivity index (χ3n) is 3.30. The molecule has 23 heavy (non-hydrogen) atoms. The Bertz CT molecular complexity index is 692. The van der Waals surface area contributed by atoms with Crippen molar-refractivity contribution in [1.29, 1.82) is 0 Å². The highest BCUT2D eigenvalue weighted by molar-refractivity contribution is 7.13. The molecule has 8 heteroatoms. The molecule has 2 rings (SSSR count). The zero-order chi connectivity index (χ0) is 17.0. The molecule has 0 saturated heterocycles. The molecule has 2 heterocycles. The van der Waals surface area contributed by atoms with Crippen molar-refractivity contribution in [2.75, 3.05) is 6.54 Å². The first-order valence-electron chi connectivity index (χ1n) is 7.32. The van der Waals surface area contributed by atoms with Gasteiger partial charge in [-0.05, 0) is 12.3 Å². The summed E-state index contributed by atoms with van der Waals surface area (Å²) >= 11 is 1.35. The van der Waals surface area contributed by atoms with Crippen molar-refractivity contribution in [1.82, 2.24) is 20.1 Å². The lowest BCUT2D eigenvalue weighted by molar-refractivity contribution is -0.142. The van der Waals surface area contributed by atoms with E-state index in [0.717, 1.165) is 5.56 Å². The van der Waals surface area contributed by atoms with Crippen molar-refractivity contribution in [2.24, 2.45) is 18.9 Å². The molecule has 2 N–H and O–H groups in total. The van der Waals surface area contributed by atoms with Crippen LogP contribution < -0.4 is 5.32 Å². The summed E-state index contributed by atoms with van der Waals surface area (Å²) < 4.78 is 1.67. The number of carbonyl (C=O) groups excluding carboxylic acids is 1. The van der Waals surface area contributed by atoms with Gasteiger partial charge >= 0.3 is 5.97 Å². The highest BCUT2D eigenvalue weighted by atomic mass is 32.1. The first kappa shape index (κ1) is 17.1. The van der Waals surface area contributed by atoms with E-state index in [1.807, 2.05) is 27.1 Å². The Morgan fingerprint density at radius 2 is 2.17 bits per heavy atom. The zero-order valence-electron chi connectivity index (χ0n) is 13.3. The van der Waals surface area contributed by atoms with E-state index in [-0.39, 0.29) is 18.4 Å². The molecule has 0 aliphatic rings. The number of hydrogen-bond acceptors (Lipinski definition) is 5. The van der Waals surface area contributed by atoms with Gasteiger partial charge in [0, 0.05) is 30.7 Å². The minimum atomic E-state index is -0.895. The monoisotopic (exact) mass is 336 g/mol. The summed E-state index contributed by atoms with van der Waals surface area (Å²) in [4.78, 5) is 27.6. The first-order chi connectivity index (χ1) is 10.9. The van der Waals surface area contributed by atoms with Gasteiger partial charge in [0.25, 0.3) is 5.91 Å². The van der Waals surface area contributed by atoms with Crippen molar-refractivity contribution in [2.45, 2.75) is 20.3 Å². The lowest BCUT2D eigenvalue weighted by Crippen LogP contribution is -2.33. The lowest BCUT2D eigenvalue weighted by atomic mass is 9.97. The van der Waals surface area contributed by atoms with Gasteiger partial charge in [-0.25, -0.2) is 4.98 Å². The molecule has 0 aromatic carbocycles. The average molecular weight is 336 g/mol. The number of carboxylic acid groups (broad SMARTS) is 1. The van der Waals surface area contributed by atoms with Crippen molar-refractivity contribution < 1.29 is 14.7 Å². The number of carbonyl (C=O) groups is 2. The Balaban J connectivity index is 1.98. The number of aliphatic carboxylic acids is 1. The normalized spacial score (nSPS) is 12.3. The molecule has 0 fully saturated rings. The Morgan fingerprint density at radius 1 is 1.43 bits per heavy atom. The predicted molar refractivity (Wildman–Crippen MR) is 87.2 cm³/mol. The maximum Gasteiger partial charge on any atom is 0.308 e. The van der Waals surface area contributed by atoms with Crippen molar-refractivity contribution in [3.8, 4) is 10.6 Å². The van der Waals surface area contributed by atoms with E-state index in [2.05, 4.69) is 15.4 Å². The molecular weight excluding hydrogens is 316 g/mol. The van der Waals surface area contributed by atoms with Crippen molar-refractivity contribution >= 4 is 23.2 Å². The van der Waals surface area contributed by atoms with E-state index in [1.54, 1.807) is 16.3 Å². The molecule has 1 atom stereocenters. The summed E-state index contributed by atoms with van der Waals surface area (Å²) in [5.41, 5.74) is 1.14. The molecule has 1 unspecified atom stereocenters. The van der Waals surface area contributed by atoms with Crippen molar-refractivity contribution in [3.63, 3.8) is 0 Å². The van der Waals surface area contributed by atoms with Gasteiger partial charge in [-0.15, -0.1) is 11.3 Å². The maximum absolute atomic E-state index is 12.1. The first-order valence-corrected chi connectivity index (χ1v) is 8.20. The zero-order valence-corrected chi connectivity index (χ0v) is 14.1. The quantitative estimate of drug-likeness (QED) is 0.806. The molecule has 7 nitrogen and oxygen atoms in total. The smallest absolute Gasteiger partial charge is 0.308 e. The molecule has 2 aromatic heterocycles. The third-order valence-corrected chi connectivity index (χ3v) is 4.19. The number of aromatic nitrogens is 3. The second kappa shape index (κ2) is 7.36. The van der Waals surface area contributed by atoms with Crippen LogP contribution in [0.4, 0.5) is 0 Å². The van der Waals surface area contributed by atoms with Gasteiger partial charge in [-0.3, -0.25) is 14.3 Å². The topological polar surface area (TPSA) is 97.1 Å². The number of amides is 1. The van der Waals surface area contributed by atoms with Crippen LogP contribution in [0.1, 0.15) is 30.8 Å². The van der Waals surface area contributed by atoms with E-state index in [9.17, 15) is 14.7 Å². The Morgan fingerprint density at radius 3 is 2.74 bits per heavy atom. The van der Waals surface area contributed by atoms with Crippen LogP contribution in [0, 0.1) is 11.8 Å². The largest absolute Gasteiger partial charge is 0.481 e. The number of nitrogens with zero attached hydrogens (tertiary/aromatic N) is 3. The Kier molecular flexibility index (Phi) is 5.49. The van der Waals surface area contributed by atoms with Gasteiger partial charge in [0.1, 0.15) is 10.7 Å². The highest BCUT2D eigenvalue weighted by Gasteiger charge is 2.21. The Labute approximate surface area is 138 Å². The van der Waals surface area contributed by atoms with Crippen LogP contribution in [0.25, 0.3) is 10.6 Å². The SMILES string of the molecule is CC(C)CC(CNC(=O)c1csc(-c2cnn(C)c2)n1)C(=O)O. The summed E-state index contributed by atoms with van der Waals surface area (Å²) in [5, 5.41) is 18.3. The fraction of sp³-hybridized carbons (Fsp3) is 0.467. The van der Waals surface area contributed by atoms with Crippen molar-refractivity contribution in [3.05, 3.63) is 23.5 Å². The van der Waals surface area contributed by atoms with E-state index < -0.39 is 11.9 Å². The number of thiazole rings is 1. The van der Waals surface area contributed by atoms with E-state index in [4.69, 9.17) is 0 Å². The molecule has 0 spiro atoms. The summed E-state index contributed by atoms with van der Waals surface area (Å²) in [6.07, 6.45) is 4.03. The van der Waals surface area contributed by atoms with Gasteiger partial charge in [-0.1, -0.05) is 13.8 Å². The molecular formula is C15H20N4O3S. The van der Waals surface area contributed by atoms with Crippen LogP contribution in [-0.4, -0.2) is 38.3 Å². The molecule has 124 valence electrons. The number of nitrogens with one attached hydrogen (secondary N) is 1. The van der Waals surface area contributed by atoms with Crippen LogP contribution in [-0.2, 0) is 11.8 Å². The average Bonchev–Trinajstić information content (AvgIpc) is 3.11. The fourth-order valence-corrected chi connectivity index (χ4v) is 2.96. The summed E-state index contributed by atoms with van der Waals surface area (Å²) in [5.74, 6) is -1.58. The molecule has 0 aliphatic carbocycles. The standard InChI is InChI=1S/C15H20N4O3S/c1-9(2)4-10(15(21)22)5-16-13(20)12-8-23-14(18-12)11-6-17-19(3)7-11/h6-10H,4-5H2,1-3H3,(H,16,20)(H,21,22). The minimum Gasteiger partial charge on any atom is -0.481 e. The predicted octanol–water partition coefficient (Wildman–Crippen LogP) is 2.02. The van der Waals surface area contributed by atoms with Gasteiger partial charge in [0.15, 0.2) is 0 Å². The van der Waals surface area contributed by atoms with Crippen LogP contribution in [0.15, 0.2) is 17.8 Å². The highest BCUT2D eigenvalue weighted by Crippen LogP contribution is 2.22. The van der Waals surface area contributed by atoms with E-state index in [0.29, 0.717) is 17.1 Å². The third kappa shape index (κ3) is 4.62. The maximum atomic E-state index is 12.1. The van der Waals surface area contributed by atoms with Crippen LogP contribution in [0.5, 0.6) is 0 Å². The second-order valence-electron chi connectivity index (χ2n) is 5.82. The lowest BCUT2D eigenvalue weighted by Gasteiger charge is -2.14. The molecule has 0 aliphatic heterocycles. The van der Waals surface area contributed by atoms with Gasteiger partial charge in [-0.2, -0.15) is 5.10 Å². The van der Waals surface area contributed by atoms with Crippen LogP contribution >= 0.6 is 11.3 Å². The number of carboxylic acids is 1. The van der Waals surface area contributed by atoms with Crippen LogP contribution in [0.2, 0.25) is 0 Å². The molecule has 1 amide bonds. The second-order valence-corrected chi connectivity index (χ2v) is 6.67. The molecule has 0 saturated carbocycles. The van der Waals surface area contributed by atoms with Gasteiger partial charge < -0.3 is 10.4 Å². The number of rotatable bonds is 7. The molecule has 0 radical (unpaired) electrons. The van der Waals surface area contributed by atoms with E-state index in [1.165, 1.54) is 11.3 Å². The van der Waals surface area contributed by atoms with Crippen LogP contribution in [0.3, 0.4) is 0 Å². The fourth-order valence-electron chi connectivity index (χ4n) is 2.19.